The lowest BCUT2D eigenvalue weighted by molar-refractivity contribution is 0.0539. The molecule has 5 nitrogen and oxygen atoms in total. The van der Waals surface area contributed by atoms with E-state index in [1.54, 1.807) is 0 Å². The van der Waals surface area contributed by atoms with Crippen LogP contribution in [-0.2, 0) is 6.54 Å². The van der Waals surface area contributed by atoms with E-state index in [1.807, 2.05) is 12.4 Å². The largest absolute Gasteiger partial charge is 0.341 e. The maximum atomic E-state index is 4.64. The summed E-state index contributed by atoms with van der Waals surface area (Å²) in [6, 6.07) is 1.41. The molecule has 1 unspecified atom stereocenters. The summed E-state index contributed by atoms with van der Waals surface area (Å²) in [5.41, 5.74) is 1.25. The van der Waals surface area contributed by atoms with Gasteiger partial charge in [0.2, 0.25) is 5.95 Å². The number of nitrogens with zero attached hydrogens (tertiary/aromatic N) is 5. The van der Waals surface area contributed by atoms with Crippen LogP contribution in [0.25, 0.3) is 0 Å². The first-order valence-electron chi connectivity index (χ1n) is 9.33. The number of rotatable bonds is 3. The molecule has 0 saturated carbocycles. The molecule has 5 heteroatoms. The average molecular weight is 315 g/mol. The maximum Gasteiger partial charge on any atom is 0.225 e. The first kappa shape index (κ1) is 15.3. The van der Waals surface area contributed by atoms with Gasteiger partial charge in [0.25, 0.3) is 0 Å². The van der Waals surface area contributed by atoms with Crippen molar-refractivity contribution in [1.29, 1.82) is 0 Å². The molecule has 2 atom stereocenters. The third kappa shape index (κ3) is 3.36. The molecule has 4 heterocycles. The van der Waals surface area contributed by atoms with Crippen molar-refractivity contribution in [2.75, 3.05) is 37.6 Å². The first-order chi connectivity index (χ1) is 11.3. The van der Waals surface area contributed by atoms with Crippen LogP contribution in [0.1, 0.15) is 44.6 Å². The Kier molecular flexibility index (Phi) is 4.49. The smallest absolute Gasteiger partial charge is 0.225 e. The number of aromatic nitrogens is 2. The molecule has 1 aromatic heterocycles. The molecule has 23 heavy (non-hydrogen) atoms. The van der Waals surface area contributed by atoms with Gasteiger partial charge in [-0.15, -0.1) is 0 Å². The van der Waals surface area contributed by atoms with E-state index in [-0.39, 0.29) is 0 Å². The van der Waals surface area contributed by atoms with Gasteiger partial charge in [0.1, 0.15) is 0 Å². The Balaban J connectivity index is 1.38. The minimum Gasteiger partial charge on any atom is -0.341 e. The monoisotopic (exact) mass is 315 g/mol. The zero-order valence-electron chi connectivity index (χ0n) is 14.3. The van der Waals surface area contributed by atoms with Crippen molar-refractivity contribution in [3.63, 3.8) is 0 Å². The Morgan fingerprint density at radius 1 is 1.00 bits per heavy atom. The van der Waals surface area contributed by atoms with Gasteiger partial charge in [0, 0.05) is 62.8 Å². The van der Waals surface area contributed by atoms with Gasteiger partial charge in [-0.2, -0.15) is 0 Å². The summed E-state index contributed by atoms with van der Waals surface area (Å²) >= 11 is 0. The molecule has 0 spiro atoms. The average Bonchev–Trinajstić information content (AvgIpc) is 3.04. The molecular weight excluding hydrogens is 286 g/mol. The second kappa shape index (κ2) is 6.73. The zero-order valence-corrected chi connectivity index (χ0v) is 14.3. The lowest BCUT2D eigenvalue weighted by atomic mass is 10.1. The second-order valence-electron chi connectivity index (χ2n) is 7.51. The normalized spacial score (nSPS) is 29.7. The molecule has 0 bridgehead atoms. The van der Waals surface area contributed by atoms with Crippen molar-refractivity contribution in [2.45, 2.75) is 57.7 Å². The summed E-state index contributed by atoms with van der Waals surface area (Å²) in [6.07, 6.45) is 10.7. The van der Waals surface area contributed by atoms with Gasteiger partial charge in [-0.25, -0.2) is 9.97 Å². The summed E-state index contributed by atoms with van der Waals surface area (Å²) in [5, 5.41) is 0. The highest BCUT2D eigenvalue weighted by Gasteiger charge is 2.34. The van der Waals surface area contributed by atoms with Gasteiger partial charge < -0.3 is 4.90 Å². The highest BCUT2D eigenvalue weighted by atomic mass is 15.3. The van der Waals surface area contributed by atoms with Crippen molar-refractivity contribution in [3.05, 3.63) is 18.0 Å². The summed E-state index contributed by atoms with van der Waals surface area (Å²) in [6.45, 7) is 9.30. The molecular formula is C18H29N5. The van der Waals surface area contributed by atoms with Crippen molar-refractivity contribution in [2.24, 2.45) is 0 Å². The van der Waals surface area contributed by atoms with Crippen LogP contribution in [0, 0.1) is 0 Å². The number of hydrogen-bond donors (Lipinski definition) is 0. The Hall–Kier alpha value is -1.20. The van der Waals surface area contributed by atoms with E-state index < -0.39 is 0 Å². The number of hydrogen-bond acceptors (Lipinski definition) is 5. The predicted octanol–water partition coefficient (Wildman–Crippen LogP) is 2.14. The quantitative estimate of drug-likeness (QED) is 0.854. The lowest BCUT2D eigenvalue weighted by Gasteiger charge is -2.42. The fourth-order valence-corrected chi connectivity index (χ4v) is 4.39. The fraction of sp³-hybridized carbons (Fsp3) is 0.778. The Labute approximate surface area is 139 Å². The molecule has 0 N–H and O–H groups in total. The summed E-state index contributed by atoms with van der Waals surface area (Å²) < 4.78 is 0. The molecule has 3 saturated heterocycles. The van der Waals surface area contributed by atoms with E-state index in [0.717, 1.165) is 31.6 Å². The summed E-state index contributed by atoms with van der Waals surface area (Å²) in [4.78, 5) is 16.9. The van der Waals surface area contributed by atoms with Gasteiger partial charge in [-0.3, -0.25) is 9.80 Å². The molecule has 4 rings (SSSR count). The Bertz CT molecular complexity index is 511. The second-order valence-corrected chi connectivity index (χ2v) is 7.51. The molecule has 0 amide bonds. The number of anilines is 1. The molecule has 126 valence electrons. The Morgan fingerprint density at radius 3 is 2.57 bits per heavy atom. The van der Waals surface area contributed by atoms with E-state index in [1.165, 1.54) is 57.3 Å². The van der Waals surface area contributed by atoms with E-state index >= 15 is 0 Å². The molecule has 0 aromatic carbocycles. The molecule has 1 aromatic rings. The highest BCUT2D eigenvalue weighted by Crippen LogP contribution is 2.25. The van der Waals surface area contributed by atoms with Gasteiger partial charge in [0.05, 0.1) is 0 Å². The van der Waals surface area contributed by atoms with Gasteiger partial charge in [0.15, 0.2) is 0 Å². The van der Waals surface area contributed by atoms with Crippen LogP contribution in [0.4, 0.5) is 5.95 Å². The standard InChI is InChI=1S/C18H29N5/c1-15-12-22-9-5-6-17(22)14-23(15)13-16-10-19-18(20-11-16)21-7-3-2-4-8-21/h10-11,15,17H,2-9,12-14H2,1H3/t15-,17?/m1/s1. The van der Waals surface area contributed by atoms with Crippen LogP contribution in [0.15, 0.2) is 12.4 Å². The van der Waals surface area contributed by atoms with Gasteiger partial charge in [-0.1, -0.05) is 0 Å². The number of fused-ring (bicyclic) bond motifs is 1. The van der Waals surface area contributed by atoms with Crippen LogP contribution < -0.4 is 4.90 Å². The molecule has 3 aliphatic heterocycles. The topological polar surface area (TPSA) is 35.5 Å². The third-order valence-electron chi connectivity index (χ3n) is 5.78. The van der Waals surface area contributed by atoms with Gasteiger partial charge >= 0.3 is 0 Å². The summed E-state index contributed by atoms with van der Waals surface area (Å²) in [5.74, 6) is 0.919. The van der Waals surface area contributed by atoms with Crippen molar-refractivity contribution < 1.29 is 0 Å². The van der Waals surface area contributed by atoms with Gasteiger partial charge in [-0.05, 0) is 45.6 Å². The van der Waals surface area contributed by atoms with Crippen LogP contribution in [0.5, 0.6) is 0 Å². The van der Waals surface area contributed by atoms with Crippen LogP contribution in [0.3, 0.4) is 0 Å². The molecule has 0 aliphatic carbocycles. The number of piperazine rings is 1. The molecule has 3 aliphatic rings. The van der Waals surface area contributed by atoms with E-state index in [0.29, 0.717) is 6.04 Å². The van der Waals surface area contributed by atoms with Crippen LogP contribution in [0.2, 0.25) is 0 Å². The van der Waals surface area contributed by atoms with E-state index in [2.05, 4.69) is 31.6 Å². The predicted molar refractivity (Wildman–Crippen MR) is 92.6 cm³/mol. The molecule has 0 radical (unpaired) electrons. The molecule has 3 fully saturated rings. The van der Waals surface area contributed by atoms with E-state index in [9.17, 15) is 0 Å². The van der Waals surface area contributed by atoms with E-state index in [4.69, 9.17) is 0 Å². The minimum absolute atomic E-state index is 0.631. The summed E-state index contributed by atoms with van der Waals surface area (Å²) in [7, 11) is 0. The van der Waals surface area contributed by atoms with Crippen molar-refractivity contribution in [1.82, 2.24) is 19.8 Å². The Morgan fingerprint density at radius 2 is 1.78 bits per heavy atom. The van der Waals surface area contributed by atoms with Crippen LogP contribution in [-0.4, -0.2) is 64.6 Å². The minimum atomic E-state index is 0.631. The number of piperidine rings is 1. The van der Waals surface area contributed by atoms with Crippen LogP contribution >= 0.6 is 0 Å². The van der Waals surface area contributed by atoms with Crippen molar-refractivity contribution in [3.8, 4) is 0 Å². The SMILES string of the molecule is C[C@@H]1CN2CCCC2CN1Cc1cnc(N2CCCCC2)nc1. The third-order valence-corrected chi connectivity index (χ3v) is 5.78. The fourth-order valence-electron chi connectivity index (χ4n) is 4.39. The maximum absolute atomic E-state index is 4.64. The first-order valence-corrected chi connectivity index (χ1v) is 9.33. The zero-order chi connectivity index (χ0) is 15.6. The lowest BCUT2D eigenvalue weighted by Crippen LogP contribution is -2.54. The van der Waals surface area contributed by atoms with Crippen molar-refractivity contribution >= 4 is 5.95 Å². The highest BCUT2D eigenvalue weighted by molar-refractivity contribution is 5.30.